The van der Waals surface area contributed by atoms with Gasteiger partial charge in [-0.05, 0) is 30.9 Å². The average molecular weight is 343 g/mol. The number of thioether (sulfide) groups is 1. The van der Waals surface area contributed by atoms with E-state index in [1.807, 2.05) is 11.8 Å². The summed E-state index contributed by atoms with van der Waals surface area (Å²) in [5.41, 5.74) is 6.27. The van der Waals surface area contributed by atoms with Crippen LogP contribution < -0.4 is 11.1 Å². The van der Waals surface area contributed by atoms with Gasteiger partial charge < -0.3 is 20.5 Å². The van der Waals surface area contributed by atoms with Gasteiger partial charge in [0.25, 0.3) is 0 Å². The molecule has 0 aromatic rings. The van der Waals surface area contributed by atoms with E-state index in [2.05, 4.69) is 10.2 Å². The van der Waals surface area contributed by atoms with E-state index in [0.717, 1.165) is 64.5 Å². The van der Waals surface area contributed by atoms with Crippen LogP contribution in [0.1, 0.15) is 19.3 Å². The van der Waals surface area contributed by atoms with Gasteiger partial charge >= 0.3 is 0 Å². The minimum atomic E-state index is -0.408. The number of ether oxygens (including phenoxy) is 2. The Morgan fingerprint density at radius 3 is 2.61 bits per heavy atom. The summed E-state index contributed by atoms with van der Waals surface area (Å²) in [5, 5.41) is 3.16. The van der Waals surface area contributed by atoms with Gasteiger partial charge in [-0.15, -0.1) is 0 Å². The first-order chi connectivity index (χ1) is 11.2. The fourth-order valence-corrected chi connectivity index (χ4v) is 5.27. The van der Waals surface area contributed by atoms with Crippen molar-refractivity contribution in [2.45, 2.75) is 30.8 Å². The number of nitrogens with two attached hydrogens (primary N) is 1. The third kappa shape index (κ3) is 4.20. The number of hydrogen-bond donors (Lipinski definition) is 2. The molecule has 3 heterocycles. The lowest BCUT2D eigenvalue weighted by atomic mass is 9.91. The van der Waals surface area contributed by atoms with Crippen molar-refractivity contribution in [1.82, 2.24) is 10.2 Å². The number of hydrogen-bond acceptors (Lipinski definition) is 6. The summed E-state index contributed by atoms with van der Waals surface area (Å²) < 4.78 is 10.8. The van der Waals surface area contributed by atoms with Crippen molar-refractivity contribution in [1.29, 1.82) is 0 Å². The first kappa shape index (κ1) is 17.5. The largest absolute Gasteiger partial charge is 0.381 e. The number of rotatable bonds is 5. The third-order valence-corrected chi connectivity index (χ3v) is 6.67. The predicted octanol–water partition coefficient (Wildman–Crippen LogP) is 0.0644. The molecule has 2 unspecified atom stereocenters. The second-order valence-corrected chi connectivity index (χ2v) is 7.92. The van der Waals surface area contributed by atoms with Gasteiger partial charge in [-0.1, -0.05) is 0 Å². The summed E-state index contributed by atoms with van der Waals surface area (Å²) in [6.07, 6.45) is 2.91. The van der Waals surface area contributed by atoms with Crippen LogP contribution in [-0.2, 0) is 14.3 Å². The van der Waals surface area contributed by atoms with Crippen LogP contribution in [-0.4, -0.2) is 80.0 Å². The number of morpholine rings is 1. The molecule has 0 spiro atoms. The van der Waals surface area contributed by atoms with E-state index in [1.54, 1.807) is 0 Å². The number of carbonyl (C=O) groups excluding carboxylic acids is 1. The van der Waals surface area contributed by atoms with Crippen LogP contribution in [0.15, 0.2) is 0 Å². The second-order valence-electron chi connectivity index (χ2n) is 6.82. The summed E-state index contributed by atoms with van der Waals surface area (Å²) >= 11 is 1.98. The minimum Gasteiger partial charge on any atom is -0.381 e. The van der Waals surface area contributed by atoms with E-state index in [9.17, 15) is 4.79 Å². The van der Waals surface area contributed by atoms with Gasteiger partial charge in [0.1, 0.15) is 0 Å². The molecule has 3 fully saturated rings. The van der Waals surface area contributed by atoms with Crippen molar-refractivity contribution in [3.8, 4) is 0 Å². The Labute approximate surface area is 142 Å². The Kier molecular flexibility index (Phi) is 6.20. The fourth-order valence-electron chi connectivity index (χ4n) is 3.79. The molecule has 3 N–H and O–H groups in total. The zero-order valence-corrected chi connectivity index (χ0v) is 14.6. The lowest BCUT2D eigenvalue weighted by molar-refractivity contribution is -0.125. The van der Waals surface area contributed by atoms with Gasteiger partial charge in [-0.3, -0.25) is 9.69 Å². The maximum absolute atomic E-state index is 12.5. The molecule has 7 heteroatoms. The maximum Gasteiger partial charge on any atom is 0.237 e. The molecular weight excluding hydrogens is 314 g/mol. The Hall–Kier alpha value is -0.340. The first-order valence-corrected chi connectivity index (χ1v) is 9.88. The molecule has 3 saturated heterocycles. The van der Waals surface area contributed by atoms with Crippen molar-refractivity contribution in [2.24, 2.45) is 11.7 Å². The van der Waals surface area contributed by atoms with E-state index in [1.165, 1.54) is 5.75 Å². The summed E-state index contributed by atoms with van der Waals surface area (Å²) in [4.78, 5) is 15.0. The molecule has 3 aliphatic heterocycles. The minimum absolute atomic E-state index is 0.00133. The Morgan fingerprint density at radius 2 is 1.96 bits per heavy atom. The number of carbonyl (C=O) groups is 1. The van der Waals surface area contributed by atoms with Crippen LogP contribution in [0, 0.1) is 5.92 Å². The van der Waals surface area contributed by atoms with E-state index >= 15 is 0 Å². The van der Waals surface area contributed by atoms with Crippen molar-refractivity contribution < 1.29 is 14.3 Å². The highest BCUT2D eigenvalue weighted by atomic mass is 32.2. The molecule has 132 valence electrons. The van der Waals surface area contributed by atoms with Crippen LogP contribution >= 0.6 is 11.8 Å². The Bertz CT molecular complexity index is 392. The van der Waals surface area contributed by atoms with Gasteiger partial charge in [0.15, 0.2) is 0 Å². The fraction of sp³-hybridized carbons (Fsp3) is 0.938. The van der Waals surface area contributed by atoms with Crippen molar-refractivity contribution in [3.63, 3.8) is 0 Å². The Balaban J connectivity index is 1.54. The van der Waals surface area contributed by atoms with Gasteiger partial charge in [0.2, 0.25) is 5.91 Å². The van der Waals surface area contributed by atoms with Crippen LogP contribution in [0.3, 0.4) is 0 Å². The maximum atomic E-state index is 12.5. The van der Waals surface area contributed by atoms with E-state index in [0.29, 0.717) is 6.54 Å². The topological polar surface area (TPSA) is 76.8 Å². The van der Waals surface area contributed by atoms with Crippen LogP contribution in [0.5, 0.6) is 0 Å². The lowest BCUT2D eigenvalue weighted by Crippen LogP contribution is -2.60. The summed E-state index contributed by atoms with van der Waals surface area (Å²) in [6.45, 7) is 5.66. The summed E-state index contributed by atoms with van der Waals surface area (Å²) in [6, 6.07) is -0.408. The SMILES string of the molecule is NC(C(=O)NCC1(N2CCOCC2)CCSC1)C1CCOCC1. The zero-order valence-electron chi connectivity index (χ0n) is 13.8. The predicted molar refractivity (Wildman–Crippen MR) is 91.6 cm³/mol. The van der Waals surface area contributed by atoms with Gasteiger partial charge in [-0.2, -0.15) is 11.8 Å². The average Bonchev–Trinajstić information content (AvgIpc) is 3.11. The Morgan fingerprint density at radius 1 is 1.26 bits per heavy atom. The molecule has 0 saturated carbocycles. The molecule has 0 radical (unpaired) electrons. The lowest BCUT2D eigenvalue weighted by Gasteiger charge is -2.43. The normalized spacial score (nSPS) is 31.9. The van der Waals surface area contributed by atoms with E-state index in [-0.39, 0.29) is 17.4 Å². The summed E-state index contributed by atoms with van der Waals surface area (Å²) in [5.74, 6) is 2.50. The molecule has 2 atom stereocenters. The highest BCUT2D eigenvalue weighted by Gasteiger charge is 2.41. The highest BCUT2D eigenvalue weighted by molar-refractivity contribution is 7.99. The molecule has 0 aliphatic carbocycles. The van der Waals surface area contributed by atoms with Gasteiger partial charge in [0, 0.05) is 44.1 Å². The number of nitrogens with zero attached hydrogens (tertiary/aromatic N) is 1. The number of nitrogens with one attached hydrogen (secondary N) is 1. The monoisotopic (exact) mass is 343 g/mol. The van der Waals surface area contributed by atoms with Crippen molar-refractivity contribution >= 4 is 17.7 Å². The van der Waals surface area contributed by atoms with Crippen molar-refractivity contribution in [3.05, 3.63) is 0 Å². The van der Waals surface area contributed by atoms with Crippen LogP contribution in [0.25, 0.3) is 0 Å². The quantitative estimate of drug-likeness (QED) is 0.735. The van der Waals surface area contributed by atoms with Gasteiger partial charge in [-0.25, -0.2) is 0 Å². The van der Waals surface area contributed by atoms with Crippen molar-refractivity contribution in [2.75, 3.05) is 57.6 Å². The first-order valence-electron chi connectivity index (χ1n) is 8.73. The van der Waals surface area contributed by atoms with E-state index < -0.39 is 6.04 Å². The molecule has 0 aromatic heterocycles. The molecule has 3 rings (SSSR count). The molecule has 23 heavy (non-hydrogen) atoms. The molecule has 0 bridgehead atoms. The summed E-state index contributed by atoms with van der Waals surface area (Å²) in [7, 11) is 0. The van der Waals surface area contributed by atoms with Gasteiger partial charge in [0.05, 0.1) is 19.3 Å². The highest BCUT2D eigenvalue weighted by Crippen LogP contribution is 2.33. The van der Waals surface area contributed by atoms with Crippen LogP contribution in [0.2, 0.25) is 0 Å². The smallest absolute Gasteiger partial charge is 0.237 e. The number of amides is 1. The standard InChI is InChI=1S/C16H29N3O3S/c17-14(13-1-6-21-7-2-13)15(20)18-11-16(3-10-23-12-16)19-4-8-22-9-5-19/h13-14H,1-12,17H2,(H,18,20). The van der Waals surface area contributed by atoms with E-state index in [4.69, 9.17) is 15.2 Å². The third-order valence-electron chi connectivity index (χ3n) is 5.43. The zero-order chi connectivity index (χ0) is 16.1. The molecular formula is C16H29N3O3S. The van der Waals surface area contributed by atoms with Crippen LogP contribution in [0.4, 0.5) is 0 Å². The molecule has 1 amide bonds. The molecule has 3 aliphatic rings. The second kappa shape index (κ2) is 8.16. The molecule has 6 nitrogen and oxygen atoms in total. The molecule has 0 aromatic carbocycles.